The van der Waals surface area contributed by atoms with Crippen LogP contribution < -0.4 is 0 Å². The molecule has 0 aliphatic carbocycles. The van der Waals surface area contributed by atoms with Gasteiger partial charge in [-0.2, -0.15) is 0 Å². The topological polar surface area (TPSA) is 86.0 Å². The summed E-state index contributed by atoms with van der Waals surface area (Å²) in [5, 5.41) is 0. The maximum atomic E-state index is 4.73. The molecule has 140 valence electrons. The Morgan fingerprint density at radius 2 is 1.23 bits per heavy atom. The van der Waals surface area contributed by atoms with E-state index in [-0.39, 0.29) is 19.5 Å². The molecule has 0 spiro atoms. The van der Waals surface area contributed by atoms with E-state index in [4.69, 9.17) is 9.97 Å². The molecule has 4 aromatic heterocycles. The van der Waals surface area contributed by atoms with E-state index in [1.54, 1.807) is 6.20 Å². The summed E-state index contributed by atoms with van der Waals surface area (Å²) in [5.41, 5.74) is 8.51. The van der Waals surface area contributed by atoms with E-state index in [2.05, 4.69) is 26.0 Å². The fourth-order valence-electron chi connectivity index (χ4n) is 3.63. The molecule has 0 radical (unpaired) electrons. The number of aromatic amines is 3. The van der Waals surface area contributed by atoms with Crippen molar-refractivity contribution in [3.05, 3.63) is 77.6 Å². The Morgan fingerprint density at radius 3 is 1.83 bits per heavy atom. The third-order valence-corrected chi connectivity index (χ3v) is 4.92. The van der Waals surface area contributed by atoms with Crippen LogP contribution in [-0.2, 0) is 19.5 Å². The second kappa shape index (κ2) is 7.36. The molecule has 0 atom stereocenters. The van der Waals surface area contributed by atoms with Crippen LogP contribution in [0.1, 0.15) is 22.8 Å². The number of nitrogens with one attached hydrogen (secondary N) is 3. The summed E-state index contributed by atoms with van der Waals surface area (Å²) in [6, 6.07) is 14.3. The van der Waals surface area contributed by atoms with Crippen LogP contribution in [-0.4, -0.2) is 29.9 Å². The van der Waals surface area contributed by atoms with Gasteiger partial charge in [-0.15, -0.1) is 0 Å². The van der Waals surface area contributed by atoms with Gasteiger partial charge < -0.3 is 15.0 Å². The van der Waals surface area contributed by atoms with Gasteiger partial charge in [-0.25, -0.2) is 15.0 Å². The van der Waals surface area contributed by atoms with Gasteiger partial charge in [-0.1, -0.05) is 0 Å². The maximum absolute atomic E-state index is 4.73. The number of aromatic nitrogens is 6. The molecular weight excluding hydrogens is 426 g/mol. The minimum atomic E-state index is 0. The predicted molar refractivity (Wildman–Crippen MR) is 116 cm³/mol. The summed E-state index contributed by atoms with van der Waals surface area (Å²) < 4.78 is 0. The molecule has 6 rings (SSSR count). The van der Waals surface area contributed by atoms with Crippen molar-refractivity contribution in [3.63, 3.8) is 0 Å². The minimum Gasteiger partial charge on any atom is -0.355 e. The molecule has 8 bridgehead atoms. The smallest absolute Gasteiger partial charge is 0.139 e. The number of fused-ring (bicyclic) bond motifs is 8. The number of hydrogen-bond acceptors (Lipinski definition) is 3. The van der Waals surface area contributed by atoms with Crippen LogP contribution in [0.5, 0.6) is 0 Å². The van der Waals surface area contributed by atoms with Crippen molar-refractivity contribution in [1.82, 2.24) is 29.9 Å². The van der Waals surface area contributed by atoms with Gasteiger partial charge in [0, 0.05) is 54.0 Å². The Balaban J connectivity index is 0.00000193. The molecule has 0 fully saturated rings. The van der Waals surface area contributed by atoms with E-state index in [1.165, 1.54) is 0 Å². The number of rotatable bonds is 1. The predicted octanol–water partition coefficient (Wildman–Crippen LogP) is 5.04. The third-order valence-electron chi connectivity index (χ3n) is 4.92. The van der Waals surface area contributed by atoms with E-state index in [1.807, 2.05) is 66.9 Å². The largest absolute Gasteiger partial charge is 0.355 e. The zero-order valence-corrected chi connectivity index (χ0v) is 19.0. The summed E-state index contributed by atoms with van der Waals surface area (Å²) in [6.07, 6.45) is 11.6. The van der Waals surface area contributed by atoms with Crippen molar-refractivity contribution in [2.75, 3.05) is 0 Å². The number of nitrogens with zero attached hydrogens (tertiary/aromatic N) is 3. The molecule has 2 aliphatic rings. The normalized spacial score (nSPS) is 12.1. The second-order valence-corrected chi connectivity index (χ2v) is 7.03. The summed E-state index contributed by atoms with van der Waals surface area (Å²) in [7, 11) is 0. The fraction of sp³-hybridized carbons (Fsp3) is 0. The first kappa shape index (κ1) is 18.5. The Kier molecular flexibility index (Phi) is 4.53. The molecule has 4 aromatic rings. The molecule has 2 aliphatic heterocycles. The summed E-state index contributed by atoms with van der Waals surface area (Å²) >= 11 is 0. The minimum absolute atomic E-state index is 0. The van der Waals surface area contributed by atoms with Crippen molar-refractivity contribution < 1.29 is 19.5 Å². The van der Waals surface area contributed by atoms with Crippen molar-refractivity contribution in [3.8, 4) is 11.4 Å². The van der Waals surface area contributed by atoms with Crippen LogP contribution >= 0.6 is 0 Å². The molecule has 30 heavy (non-hydrogen) atoms. The molecule has 0 unspecified atom stereocenters. The van der Waals surface area contributed by atoms with Gasteiger partial charge in [-0.05, 0) is 66.8 Å². The van der Waals surface area contributed by atoms with Crippen LogP contribution in [0.4, 0.5) is 0 Å². The van der Waals surface area contributed by atoms with Crippen molar-refractivity contribution >= 4 is 46.4 Å². The Labute approximate surface area is 184 Å². The summed E-state index contributed by atoms with van der Waals surface area (Å²) in [6.45, 7) is 0. The zero-order valence-electron chi connectivity index (χ0n) is 16.1. The van der Waals surface area contributed by atoms with Gasteiger partial charge >= 0.3 is 0 Å². The average molecular weight is 442 g/mol. The molecule has 6 heterocycles. The van der Waals surface area contributed by atoms with E-state index in [0.29, 0.717) is 0 Å². The molecule has 0 saturated carbocycles. The number of imidazole rings is 1. The SMILES string of the molecule is C1=Cc2cc3cc(-c4ncc[nH]4)c(cc4nc(cc5ccc(cc1n2)[nH]5)C=C4)[nH]3.[Zn]. The number of hydrogen-bond donors (Lipinski definition) is 3. The molecular formula is C23H16N6Zn. The summed E-state index contributed by atoms with van der Waals surface area (Å²) in [5.74, 6) is 0.812. The zero-order chi connectivity index (χ0) is 19.2. The van der Waals surface area contributed by atoms with Gasteiger partial charge in [0.1, 0.15) is 5.82 Å². The quantitative estimate of drug-likeness (QED) is 0.312. The van der Waals surface area contributed by atoms with Crippen LogP contribution in [0.25, 0.3) is 57.8 Å². The van der Waals surface area contributed by atoms with E-state index >= 15 is 0 Å². The first-order chi connectivity index (χ1) is 14.3. The van der Waals surface area contributed by atoms with Crippen molar-refractivity contribution in [2.45, 2.75) is 0 Å². The van der Waals surface area contributed by atoms with Gasteiger partial charge in [-0.3, -0.25) is 0 Å². The Morgan fingerprint density at radius 1 is 0.633 bits per heavy atom. The fourth-order valence-corrected chi connectivity index (χ4v) is 3.63. The van der Waals surface area contributed by atoms with Gasteiger partial charge in [0.25, 0.3) is 0 Å². The molecule has 0 amide bonds. The third kappa shape index (κ3) is 3.44. The molecule has 7 heteroatoms. The van der Waals surface area contributed by atoms with Gasteiger partial charge in [0.05, 0.1) is 28.3 Å². The summed E-state index contributed by atoms with van der Waals surface area (Å²) in [4.78, 5) is 23.9. The Bertz CT molecular complexity index is 1450. The Hall–Kier alpha value is -3.57. The van der Waals surface area contributed by atoms with E-state index in [9.17, 15) is 0 Å². The second-order valence-electron chi connectivity index (χ2n) is 7.03. The van der Waals surface area contributed by atoms with Gasteiger partial charge in [0.2, 0.25) is 0 Å². The van der Waals surface area contributed by atoms with Crippen LogP contribution in [0.15, 0.2) is 54.9 Å². The maximum Gasteiger partial charge on any atom is 0.139 e. The van der Waals surface area contributed by atoms with Gasteiger partial charge in [0.15, 0.2) is 0 Å². The van der Waals surface area contributed by atoms with Crippen molar-refractivity contribution in [1.29, 1.82) is 0 Å². The van der Waals surface area contributed by atoms with E-state index < -0.39 is 0 Å². The van der Waals surface area contributed by atoms with Crippen LogP contribution in [0, 0.1) is 0 Å². The molecule has 0 saturated heterocycles. The average Bonchev–Trinajstić information content (AvgIpc) is 3.50. The van der Waals surface area contributed by atoms with Crippen LogP contribution in [0.3, 0.4) is 0 Å². The first-order valence-electron chi connectivity index (χ1n) is 9.37. The first-order valence-corrected chi connectivity index (χ1v) is 9.37. The molecule has 0 aromatic carbocycles. The standard InChI is InChI=1S/C23H16N6.Zn/c1-2-15-10-17-5-6-19(28-17)13-22-21(23-24-7-8-25-23)12-20(29-22)11-18-4-3-16(27-18)9-14(1)26-15;/h1-13,26,29H,(H,24,25);. The van der Waals surface area contributed by atoms with E-state index in [0.717, 1.165) is 56.2 Å². The molecule has 6 nitrogen and oxygen atoms in total. The monoisotopic (exact) mass is 440 g/mol. The van der Waals surface area contributed by atoms with Crippen LogP contribution in [0.2, 0.25) is 0 Å². The van der Waals surface area contributed by atoms with Crippen molar-refractivity contribution in [2.24, 2.45) is 0 Å². The number of H-pyrrole nitrogens is 3. The molecule has 3 N–H and O–H groups in total.